The Morgan fingerprint density at radius 1 is 1.07 bits per heavy atom. The minimum absolute atomic E-state index is 0.850. The molecule has 2 aromatic carbocycles. The molecular weight excluding hydrogens is 192 g/mol. The molecule has 4 heteroatoms. The molecule has 0 spiro atoms. The molecule has 0 saturated carbocycles. The maximum atomic E-state index is 8.78. The van der Waals surface area contributed by atoms with Crippen LogP contribution in [-0.4, -0.2) is 11.2 Å². The van der Waals surface area contributed by atoms with Crippen LogP contribution >= 0.6 is 0 Å². The van der Waals surface area contributed by atoms with Gasteiger partial charge in [-0.2, -0.15) is 0 Å². The molecule has 15 heavy (non-hydrogen) atoms. The van der Waals surface area contributed by atoms with Crippen molar-refractivity contribution in [2.75, 3.05) is 5.73 Å². The van der Waals surface area contributed by atoms with E-state index in [1.54, 1.807) is 0 Å². The van der Waals surface area contributed by atoms with Crippen molar-refractivity contribution in [1.82, 2.24) is 0 Å². The van der Waals surface area contributed by atoms with E-state index in [1.807, 2.05) is 30.3 Å². The summed E-state index contributed by atoms with van der Waals surface area (Å²) in [7, 11) is 0. The predicted molar refractivity (Wildman–Crippen MR) is 60.6 cm³/mol. The van der Waals surface area contributed by atoms with Crippen molar-refractivity contribution in [2.45, 2.75) is 0 Å². The molecule has 2 aromatic rings. The van der Waals surface area contributed by atoms with Crippen molar-refractivity contribution in [3.05, 3.63) is 42.5 Å². The number of carboxylic acid groups (broad SMARTS) is 1. The number of rotatable bonds is 0. The van der Waals surface area contributed by atoms with Gasteiger partial charge in [0.2, 0.25) is 0 Å². The van der Waals surface area contributed by atoms with Crippen molar-refractivity contribution in [3.8, 4) is 0 Å². The van der Waals surface area contributed by atoms with Crippen molar-refractivity contribution in [3.63, 3.8) is 0 Å². The molecule has 0 unspecified atom stereocenters. The number of anilines is 1. The summed E-state index contributed by atoms with van der Waals surface area (Å²) in [6, 6.07) is 14.1. The number of benzene rings is 2. The molecule has 0 heterocycles. The van der Waals surface area contributed by atoms with Crippen molar-refractivity contribution >= 4 is 22.6 Å². The lowest BCUT2D eigenvalue weighted by atomic mass is 10.1. The van der Waals surface area contributed by atoms with Gasteiger partial charge >= 0.3 is 6.09 Å². The maximum absolute atomic E-state index is 8.78. The summed E-state index contributed by atoms with van der Waals surface area (Å²) in [6.07, 6.45) is -1.33. The Hall–Kier alpha value is -2.23. The molecule has 1 amide bonds. The normalized spacial score (nSPS) is 9.07. The van der Waals surface area contributed by atoms with Crippen LogP contribution in [-0.2, 0) is 0 Å². The summed E-state index contributed by atoms with van der Waals surface area (Å²) < 4.78 is 0. The molecule has 0 bridgehead atoms. The fourth-order valence-corrected chi connectivity index (χ4v) is 1.25. The van der Waals surface area contributed by atoms with Gasteiger partial charge in [-0.3, -0.25) is 0 Å². The van der Waals surface area contributed by atoms with Gasteiger partial charge in [0, 0.05) is 11.1 Å². The molecule has 0 aromatic heterocycles. The highest BCUT2D eigenvalue weighted by molar-refractivity contribution is 5.92. The average molecular weight is 204 g/mol. The van der Waals surface area contributed by atoms with E-state index < -0.39 is 6.09 Å². The van der Waals surface area contributed by atoms with Crippen LogP contribution in [0.25, 0.3) is 10.8 Å². The summed E-state index contributed by atoms with van der Waals surface area (Å²) in [5.41, 5.74) is 10.6. The lowest BCUT2D eigenvalue weighted by Gasteiger charge is -1.98. The largest absolute Gasteiger partial charge is 0.465 e. The topological polar surface area (TPSA) is 89.3 Å². The zero-order valence-corrected chi connectivity index (χ0v) is 8.05. The maximum Gasteiger partial charge on any atom is 0.402 e. The Morgan fingerprint density at radius 3 is 2.20 bits per heavy atom. The quantitative estimate of drug-likeness (QED) is 0.573. The predicted octanol–water partition coefficient (Wildman–Crippen LogP) is 2.05. The van der Waals surface area contributed by atoms with Crippen LogP contribution in [0.5, 0.6) is 0 Å². The third-order valence-electron chi connectivity index (χ3n) is 1.82. The van der Waals surface area contributed by atoms with Crippen molar-refractivity contribution in [2.24, 2.45) is 5.73 Å². The zero-order valence-electron chi connectivity index (χ0n) is 8.05. The lowest BCUT2D eigenvalue weighted by Crippen LogP contribution is -2.03. The highest BCUT2D eigenvalue weighted by atomic mass is 16.4. The monoisotopic (exact) mass is 204 g/mol. The first-order chi connectivity index (χ1) is 7.11. The zero-order chi connectivity index (χ0) is 11.3. The summed E-state index contributed by atoms with van der Waals surface area (Å²) in [4.78, 5) is 8.78. The summed E-state index contributed by atoms with van der Waals surface area (Å²) in [5.74, 6) is 0. The van der Waals surface area contributed by atoms with Gasteiger partial charge in [0.1, 0.15) is 0 Å². The fraction of sp³-hybridized carbons (Fsp3) is 0. The summed E-state index contributed by atoms with van der Waals surface area (Å²) >= 11 is 0. The van der Waals surface area contributed by atoms with Crippen LogP contribution in [0, 0.1) is 0 Å². The molecule has 78 valence electrons. The molecule has 0 fully saturated rings. The molecule has 5 N–H and O–H groups in total. The molecule has 0 saturated heterocycles. The molecule has 0 aliphatic carbocycles. The minimum Gasteiger partial charge on any atom is -0.465 e. The molecule has 4 nitrogen and oxygen atoms in total. The van der Waals surface area contributed by atoms with E-state index in [-0.39, 0.29) is 0 Å². The SMILES string of the molecule is NC(=O)O.Nc1cccc2ccccc12. The summed E-state index contributed by atoms with van der Waals surface area (Å²) in [5, 5.41) is 9.53. The third-order valence-corrected chi connectivity index (χ3v) is 1.82. The van der Waals surface area contributed by atoms with Gasteiger partial charge in [-0.05, 0) is 11.5 Å². The highest BCUT2D eigenvalue weighted by Crippen LogP contribution is 2.19. The molecule has 0 aliphatic rings. The van der Waals surface area contributed by atoms with Crippen LogP contribution in [0.3, 0.4) is 0 Å². The average Bonchev–Trinajstić information content (AvgIpc) is 2.18. The first-order valence-electron chi connectivity index (χ1n) is 4.33. The Labute approximate surface area is 87.1 Å². The van der Waals surface area contributed by atoms with E-state index in [4.69, 9.17) is 15.6 Å². The summed E-state index contributed by atoms with van der Waals surface area (Å²) in [6.45, 7) is 0. The van der Waals surface area contributed by atoms with E-state index in [0.29, 0.717) is 0 Å². The highest BCUT2D eigenvalue weighted by Gasteiger charge is 1.92. The number of nitrogen functional groups attached to an aromatic ring is 1. The Bertz CT molecular complexity index is 460. The number of hydrogen-bond acceptors (Lipinski definition) is 2. The van der Waals surface area contributed by atoms with Gasteiger partial charge in [0.05, 0.1) is 0 Å². The van der Waals surface area contributed by atoms with E-state index in [9.17, 15) is 0 Å². The first-order valence-corrected chi connectivity index (χ1v) is 4.33. The van der Waals surface area contributed by atoms with E-state index in [1.165, 1.54) is 5.39 Å². The fourth-order valence-electron chi connectivity index (χ4n) is 1.25. The Kier molecular flexibility index (Phi) is 3.51. The van der Waals surface area contributed by atoms with E-state index in [2.05, 4.69) is 17.9 Å². The standard InChI is InChI=1S/C10H9N.CH3NO2/c11-10-7-3-5-8-4-1-2-6-9(8)10;2-1(3)4/h1-7H,11H2;2H2,(H,3,4). The van der Waals surface area contributed by atoms with E-state index in [0.717, 1.165) is 11.1 Å². The van der Waals surface area contributed by atoms with Crippen LogP contribution in [0.2, 0.25) is 0 Å². The number of fused-ring (bicyclic) bond motifs is 1. The molecule has 0 atom stereocenters. The molecule has 2 rings (SSSR count). The number of nitrogens with two attached hydrogens (primary N) is 2. The number of primary amides is 1. The second kappa shape index (κ2) is 4.85. The molecular formula is C11H12N2O2. The smallest absolute Gasteiger partial charge is 0.402 e. The van der Waals surface area contributed by atoms with E-state index >= 15 is 0 Å². The lowest BCUT2D eigenvalue weighted by molar-refractivity contribution is 0.205. The second-order valence-corrected chi connectivity index (χ2v) is 2.91. The molecule has 0 aliphatic heterocycles. The Balaban J connectivity index is 0.000000245. The second-order valence-electron chi connectivity index (χ2n) is 2.91. The van der Waals surface area contributed by atoms with Gasteiger partial charge in [-0.15, -0.1) is 0 Å². The first kappa shape index (κ1) is 10.8. The van der Waals surface area contributed by atoms with Crippen LogP contribution in [0.4, 0.5) is 10.5 Å². The van der Waals surface area contributed by atoms with Crippen LogP contribution < -0.4 is 11.5 Å². The van der Waals surface area contributed by atoms with Gasteiger partial charge < -0.3 is 16.6 Å². The van der Waals surface area contributed by atoms with Gasteiger partial charge in [0.15, 0.2) is 0 Å². The third kappa shape index (κ3) is 3.19. The van der Waals surface area contributed by atoms with Crippen LogP contribution in [0.1, 0.15) is 0 Å². The van der Waals surface area contributed by atoms with Crippen LogP contribution in [0.15, 0.2) is 42.5 Å². The molecule has 0 radical (unpaired) electrons. The Morgan fingerprint density at radius 2 is 1.60 bits per heavy atom. The number of amides is 1. The number of hydrogen-bond donors (Lipinski definition) is 3. The number of carbonyl (C=O) groups is 1. The van der Waals surface area contributed by atoms with Gasteiger partial charge in [-0.1, -0.05) is 36.4 Å². The van der Waals surface area contributed by atoms with Crippen molar-refractivity contribution in [1.29, 1.82) is 0 Å². The van der Waals surface area contributed by atoms with Gasteiger partial charge in [-0.25, -0.2) is 4.79 Å². The minimum atomic E-state index is -1.33. The van der Waals surface area contributed by atoms with Gasteiger partial charge in [0.25, 0.3) is 0 Å². The van der Waals surface area contributed by atoms with Crippen molar-refractivity contribution < 1.29 is 9.90 Å².